The summed E-state index contributed by atoms with van der Waals surface area (Å²) < 4.78 is 2.01. The van der Waals surface area contributed by atoms with E-state index in [0.717, 1.165) is 23.8 Å². The summed E-state index contributed by atoms with van der Waals surface area (Å²) >= 11 is 8.36. The highest BCUT2D eigenvalue weighted by atomic mass is 35.5. The molecular weight excluding hydrogens is 302 g/mol. The maximum atomic E-state index is 6.41. The van der Waals surface area contributed by atoms with Gasteiger partial charge in [-0.05, 0) is 50.8 Å². The Bertz CT molecular complexity index is 594. The molecule has 0 saturated heterocycles. The number of halogens is 1. The third-order valence-corrected chi connectivity index (χ3v) is 5.71. The highest BCUT2D eigenvalue weighted by molar-refractivity contribution is 7.12. The molecule has 2 heterocycles. The molecule has 2 aromatic heterocycles. The van der Waals surface area contributed by atoms with Crippen LogP contribution >= 0.6 is 22.9 Å². The van der Waals surface area contributed by atoms with E-state index in [9.17, 15) is 0 Å². The zero-order valence-electron chi connectivity index (χ0n) is 12.7. The largest absolute Gasteiger partial charge is 0.305 e. The quantitative estimate of drug-likeness (QED) is 0.894. The van der Waals surface area contributed by atoms with Gasteiger partial charge in [0, 0.05) is 16.3 Å². The fraction of sp³-hybridized carbons (Fsp3) is 0.562. The van der Waals surface area contributed by atoms with Gasteiger partial charge in [0.15, 0.2) is 0 Å². The second-order valence-electron chi connectivity index (χ2n) is 5.49. The molecule has 1 atom stereocenters. The number of thiophene rings is 1. The van der Waals surface area contributed by atoms with Crippen LogP contribution in [-0.2, 0) is 19.4 Å². The molecule has 0 spiro atoms. The highest BCUT2D eigenvalue weighted by Gasteiger charge is 2.24. The minimum atomic E-state index is 0.153. The molecule has 0 fully saturated rings. The van der Waals surface area contributed by atoms with Crippen LogP contribution in [0.25, 0.3) is 0 Å². The molecular formula is C16H22ClN3S. The monoisotopic (exact) mass is 323 g/mol. The lowest BCUT2D eigenvalue weighted by Crippen LogP contribution is -2.24. The van der Waals surface area contributed by atoms with Gasteiger partial charge in [0.05, 0.1) is 23.0 Å². The maximum absolute atomic E-state index is 6.41. The first-order valence-electron chi connectivity index (χ1n) is 7.80. The number of nitrogens with one attached hydrogen (secondary N) is 1. The van der Waals surface area contributed by atoms with Gasteiger partial charge in [0.1, 0.15) is 0 Å². The van der Waals surface area contributed by atoms with Crippen molar-refractivity contribution in [3.8, 4) is 0 Å². The van der Waals surface area contributed by atoms with Crippen molar-refractivity contribution in [2.75, 3.05) is 6.54 Å². The van der Waals surface area contributed by atoms with Gasteiger partial charge in [0.25, 0.3) is 0 Å². The number of hydrogen-bond donors (Lipinski definition) is 1. The molecule has 114 valence electrons. The molecule has 0 aromatic carbocycles. The number of aromatic nitrogens is 2. The van der Waals surface area contributed by atoms with Gasteiger partial charge in [-0.15, -0.1) is 11.3 Å². The zero-order chi connectivity index (χ0) is 14.8. The Morgan fingerprint density at radius 1 is 1.38 bits per heavy atom. The number of rotatable bonds is 5. The predicted octanol–water partition coefficient (Wildman–Crippen LogP) is 4.20. The van der Waals surface area contributed by atoms with Gasteiger partial charge in [-0.2, -0.15) is 5.10 Å². The molecule has 2 aromatic rings. The van der Waals surface area contributed by atoms with E-state index < -0.39 is 0 Å². The van der Waals surface area contributed by atoms with Crippen molar-refractivity contribution in [3.63, 3.8) is 0 Å². The van der Waals surface area contributed by atoms with E-state index in [0.29, 0.717) is 0 Å². The van der Waals surface area contributed by atoms with Crippen LogP contribution in [0.2, 0.25) is 5.02 Å². The molecule has 0 radical (unpaired) electrons. The van der Waals surface area contributed by atoms with Gasteiger partial charge < -0.3 is 5.32 Å². The maximum Gasteiger partial charge on any atom is 0.0857 e. The molecule has 0 bridgehead atoms. The lowest BCUT2D eigenvalue weighted by Gasteiger charge is -2.18. The summed E-state index contributed by atoms with van der Waals surface area (Å²) in [5.41, 5.74) is 2.64. The topological polar surface area (TPSA) is 29.9 Å². The second kappa shape index (κ2) is 6.51. The lowest BCUT2D eigenvalue weighted by molar-refractivity contribution is 0.547. The van der Waals surface area contributed by atoms with Crippen LogP contribution < -0.4 is 5.32 Å². The van der Waals surface area contributed by atoms with E-state index in [1.807, 2.05) is 16.0 Å². The van der Waals surface area contributed by atoms with Crippen LogP contribution in [-0.4, -0.2) is 16.3 Å². The molecule has 1 N–H and O–H groups in total. The van der Waals surface area contributed by atoms with Crippen molar-refractivity contribution in [1.29, 1.82) is 0 Å². The molecule has 1 aliphatic rings. The molecule has 0 saturated carbocycles. The zero-order valence-corrected chi connectivity index (χ0v) is 14.2. The van der Waals surface area contributed by atoms with Crippen molar-refractivity contribution >= 4 is 22.9 Å². The van der Waals surface area contributed by atoms with Crippen LogP contribution in [0.3, 0.4) is 0 Å². The first kappa shape index (κ1) is 15.1. The SMILES string of the molecule is CCNC(c1cc2c(s1)CCCC2)c1c(Cl)cnn1CC. The molecule has 1 unspecified atom stereocenters. The predicted molar refractivity (Wildman–Crippen MR) is 89.4 cm³/mol. The molecule has 1 aliphatic carbocycles. The first-order valence-corrected chi connectivity index (χ1v) is 9.00. The Balaban J connectivity index is 2.01. The van der Waals surface area contributed by atoms with Gasteiger partial charge in [-0.1, -0.05) is 18.5 Å². The molecule has 21 heavy (non-hydrogen) atoms. The van der Waals surface area contributed by atoms with E-state index in [2.05, 4.69) is 30.3 Å². The third kappa shape index (κ3) is 2.89. The van der Waals surface area contributed by atoms with E-state index in [4.69, 9.17) is 11.6 Å². The van der Waals surface area contributed by atoms with Gasteiger partial charge in [-0.25, -0.2) is 0 Å². The van der Waals surface area contributed by atoms with Crippen molar-refractivity contribution in [2.24, 2.45) is 0 Å². The first-order chi connectivity index (χ1) is 10.2. The number of fused-ring (bicyclic) bond motifs is 1. The normalized spacial score (nSPS) is 16.0. The van der Waals surface area contributed by atoms with Crippen molar-refractivity contribution < 1.29 is 0 Å². The summed E-state index contributed by atoms with van der Waals surface area (Å²) in [6, 6.07) is 2.54. The Hall–Kier alpha value is -0.840. The number of aryl methyl sites for hydroxylation is 3. The van der Waals surface area contributed by atoms with Gasteiger partial charge in [-0.3, -0.25) is 4.68 Å². The average molecular weight is 324 g/mol. The smallest absolute Gasteiger partial charge is 0.0857 e. The van der Waals surface area contributed by atoms with Crippen LogP contribution in [0, 0.1) is 0 Å². The van der Waals surface area contributed by atoms with Crippen LogP contribution in [0.4, 0.5) is 0 Å². The fourth-order valence-corrected chi connectivity index (χ4v) is 4.69. The van der Waals surface area contributed by atoms with E-state index in [-0.39, 0.29) is 6.04 Å². The summed E-state index contributed by atoms with van der Waals surface area (Å²) in [6.07, 6.45) is 6.87. The number of hydrogen-bond acceptors (Lipinski definition) is 3. The molecule has 3 nitrogen and oxygen atoms in total. The van der Waals surface area contributed by atoms with Crippen molar-refractivity contribution in [3.05, 3.63) is 38.3 Å². The summed E-state index contributed by atoms with van der Waals surface area (Å²) in [6.45, 7) is 6.00. The molecule has 5 heteroatoms. The van der Waals surface area contributed by atoms with Crippen molar-refractivity contribution in [1.82, 2.24) is 15.1 Å². The minimum Gasteiger partial charge on any atom is -0.305 e. The summed E-state index contributed by atoms with van der Waals surface area (Å²) in [7, 11) is 0. The number of nitrogens with zero attached hydrogens (tertiary/aromatic N) is 2. The summed E-state index contributed by atoms with van der Waals surface area (Å²) in [5, 5.41) is 8.74. The molecule has 0 aliphatic heterocycles. The van der Waals surface area contributed by atoms with Crippen LogP contribution in [0.1, 0.15) is 53.7 Å². The summed E-state index contributed by atoms with van der Waals surface area (Å²) in [4.78, 5) is 2.94. The van der Waals surface area contributed by atoms with E-state index in [1.54, 1.807) is 16.6 Å². The van der Waals surface area contributed by atoms with E-state index >= 15 is 0 Å². The fourth-order valence-electron chi connectivity index (χ4n) is 3.10. The highest BCUT2D eigenvalue weighted by Crippen LogP contribution is 2.37. The van der Waals surface area contributed by atoms with Crippen LogP contribution in [0.5, 0.6) is 0 Å². The van der Waals surface area contributed by atoms with Gasteiger partial charge >= 0.3 is 0 Å². The van der Waals surface area contributed by atoms with E-state index in [1.165, 1.54) is 30.6 Å². The standard InChI is InChI=1S/C16H22ClN3S/c1-3-18-15(16-12(17)10-19-20(16)4-2)14-9-11-7-5-6-8-13(11)21-14/h9-10,15,18H,3-8H2,1-2H3. The summed E-state index contributed by atoms with van der Waals surface area (Å²) in [5.74, 6) is 0. The molecule has 3 rings (SSSR count). The van der Waals surface area contributed by atoms with Gasteiger partial charge in [0.2, 0.25) is 0 Å². The Labute approximate surface area is 135 Å². The van der Waals surface area contributed by atoms with Crippen LogP contribution in [0.15, 0.2) is 12.3 Å². The Kier molecular flexibility index (Phi) is 4.67. The minimum absolute atomic E-state index is 0.153. The third-order valence-electron chi connectivity index (χ3n) is 4.11. The second-order valence-corrected chi connectivity index (χ2v) is 7.06. The Morgan fingerprint density at radius 3 is 2.90 bits per heavy atom. The average Bonchev–Trinajstić information content (AvgIpc) is 3.08. The Morgan fingerprint density at radius 2 is 2.19 bits per heavy atom. The molecule has 0 amide bonds. The lowest BCUT2D eigenvalue weighted by atomic mass is 9.98. The van der Waals surface area contributed by atoms with Crippen molar-refractivity contribution in [2.45, 2.75) is 52.1 Å².